The summed E-state index contributed by atoms with van der Waals surface area (Å²) in [4.78, 5) is 23.7. The van der Waals surface area contributed by atoms with E-state index in [4.69, 9.17) is 0 Å². The zero-order chi connectivity index (χ0) is 17.6. The average Bonchev–Trinajstić information content (AvgIpc) is 2.64. The number of fused-ring (bicyclic) bond motifs is 1. The molecule has 3 aromatic rings. The zero-order valence-electron chi connectivity index (χ0n) is 13.5. The second-order valence-electron chi connectivity index (χ2n) is 5.65. The molecular formula is C20H17FN2O2. The van der Waals surface area contributed by atoms with Gasteiger partial charge in [0.1, 0.15) is 5.82 Å². The Morgan fingerprint density at radius 2 is 1.64 bits per heavy atom. The van der Waals surface area contributed by atoms with E-state index >= 15 is 0 Å². The average molecular weight is 336 g/mol. The largest absolute Gasteiger partial charge is 0.350 e. The van der Waals surface area contributed by atoms with E-state index in [1.54, 1.807) is 0 Å². The smallest absolute Gasteiger partial charge is 0.251 e. The van der Waals surface area contributed by atoms with Crippen LogP contribution >= 0.6 is 0 Å². The molecule has 0 radical (unpaired) electrons. The third kappa shape index (κ3) is 4.41. The van der Waals surface area contributed by atoms with E-state index in [1.807, 2.05) is 42.5 Å². The predicted octanol–water partition coefficient (Wildman–Crippen LogP) is 3.03. The van der Waals surface area contributed by atoms with Crippen LogP contribution in [0.1, 0.15) is 15.9 Å². The van der Waals surface area contributed by atoms with Crippen molar-refractivity contribution >= 4 is 22.6 Å². The summed E-state index contributed by atoms with van der Waals surface area (Å²) in [5, 5.41) is 7.47. The quantitative estimate of drug-likeness (QED) is 0.752. The molecule has 0 aliphatic heterocycles. The summed E-state index contributed by atoms with van der Waals surface area (Å²) in [6.07, 6.45) is 0. The number of nitrogens with one attached hydrogen (secondary N) is 2. The second-order valence-corrected chi connectivity index (χ2v) is 5.65. The van der Waals surface area contributed by atoms with Crippen LogP contribution in [-0.4, -0.2) is 18.4 Å². The summed E-state index contributed by atoms with van der Waals surface area (Å²) < 4.78 is 13.1. The van der Waals surface area contributed by atoms with Gasteiger partial charge in [-0.1, -0.05) is 42.5 Å². The van der Waals surface area contributed by atoms with Crippen LogP contribution in [0.3, 0.4) is 0 Å². The Hall–Kier alpha value is -3.21. The van der Waals surface area contributed by atoms with Crippen molar-refractivity contribution in [2.45, 2.75) is 6.54 Å². The summed E-state index contributed by atoms with van der Waals surface area (Å²) in [6.45, 7) is 0.211. The molecule has 0 unspecified atom stereocenters. The van der Waals surface area contributed by atoms with Crippen molar-refractivity contribution in [3.8, 4) is 0 Å². The molecule has 2 amide bonds. The molecule has 3 aromatic carbocycles. The van der Waals surface area contributed by atoms with Crippen LogP contribution in [0.2, 0.25) is 0 Å². The number of hydrogen-bond acceptors (Lipinski definition) is 2. The minimum Gasteiger partial charge on any atom is -0.350 e. The molecule has 0 atom stereocenters. The van der Waals surface area contributed by atoms with Gasteiger partial charge in [-0.15, -0.1) is 0 Å². The van der Waals surface area contributed by atoms with Crippen molar-refractivity contribution in [1.29, 1.82) is 0 Å². The maximum atomic E-state index is 13.1. The fourth-order valence-electron chi connectivity index (χ4n) is 2.50. The first-order chi connectivity index (χ1) is 12.1. The first-order valence-electron chi connectivity index (χ1n) is 7.90. The summed E-state index contributed by atoms with van der Waals surface area (Å²) >= 11 is 0. The summed E-state index contributed by atoms with van der Waals surface area (Å²) in [6, 6.07) is 19.3. The molecule has 0 aliphatic rings. The fraction of sp³-hybridized carbons (Fsp3) is 0.100. The minimum absolute atomic E-state index is 0.164. The second kappa shape index (κ2) is 7.57. The Morgan fingerprint density at radius 3 is 2.44 bits per heavy atom. The molecule has 2 N–H and O–H groups in total. The van der Waals surface area contributed by atoms with Crippen LogP contribution < -0.4 is 10.6 Å². The predicted molar refractivity (Wildman–Crippen MR) is 94.5 cm³/mol. The highest BCUT2D eigenvalue weighted by molar-refractivity contribution is 5.96. The first-order valence-corrected chi connectivity index (χ1v) is 7.90. The Labute approximate surface area is 144 Å². The van der Waals surface area contributed by atoms with Gasteiger partial charge in [-0.3, -0.25) is 9.59 Å². The lowest BCUT2D eigenvalue weighted by Crippen LogP contribution is -2.36. The van der Waals surface area contributed by atoms with Crippen molar-refractivity contribution in [2.75, 3.05) is 6.54 Å². The van der Waals surface area contributed by atoms with E-state index < -0.39 is 11.7 Å². The fourth-order valence-corrected chi connectivity index (χ4v) is 2.50. The topological polar surface area (TPSA) is 58.2 Å². The molecule has 0 heterocycles. The molecule has 0 aromatic heterocycles. The Balaban J connectivity index is 1.51. The highest BCUT2D eigenvalue weighted by Gasteiger charge is 2.08. The third-order valence-electron chi connectivity index (χ3n) is 3.80. The lowest BCUT2D eigenvalue weighted by atomic mass is 10.1. The Kier molecular flexibility index (Phi) is 5.04. The molecule has 4 nitrogen and oxygen atoms in total. The van der Waals surface area contributed by atoms with E-state index in [1.165, 1.54) is 18.2 Å². The van der Waals surface area contributed by atoms with Gasteiger partial charge in [0.15, 0.2) is 0 Å². The molecule has 0 fully saturated rings. The number of halogens is 1. The number of benzene rings is 3. The van der Waals surface area contributed by atoms with Crippen LogP contribution in [0, 0.1) is 5.82 Å². The Morgan fingerprint density at radius 1 is 0.840 bits per heavy atom. The number of hydrogen-bond donors (Lipinski definition) is 2. The lowest BCUT2D eigenvalue weighted by Gasteiger charge is -2.08. The van der Waals surface area contributed by atoms with Crippen molar-refractivity contribution in [1.82, 2.24) is 10.6 Å². The van der Waals surface area contributed by atoms with Gasteiger partial charge in [-0.2, -0.15) is 0 Å². The molecule has 0 spiro atoms. The standard InChI is InChI=1S/C20H17FN2O2/c21-18-7-3-6-17(11-18)20(25)23-13-19(24)22-12-14-8-9-15-4-1-2-5-16(15)10-14/h1-11H,12-13H2,(H,22,24)(H,23,25). The van der Waals surface area contributed by atoms with Gasteiger partial charge in [-0.25, -0.2) is 4.39 Å². The van der Waals surface area contributed by atoms with Gasteiger partial charge < -0.3 is 10.6 Å². The summed E-state index contributed by atoms with van der Waals surface area (Å²) in [7, 11) is 0. The zero-order valence-corrected chi connectivity index (χ0v) is 13.5. The third-order valence-corrected chi connectivity index (χ3v) is 3.80. The van der Waals surface area contributed by atoms with Gasteiger partial charge in [0.05, 0.1) is 6.54 Å². The van der Waals surface area contributed by atoms with Crippen LogP contribution in [0.25, 0.3) is 10.8 Å². The number of carbonyl (C=O) groups is 2. The molecular weight excluding hydrogens is 319 g/mol. The molecule has 126 valence electrons. The molecule has 3 rings (SSSR count). The van der Waals surface area contributed by atoms with Crippen LogP contribution in [-0.2, 0) is 11.3 Å². The van der Waals surface area contributed by atoms with Crippen LogP contribution in [0.5, 0.6) is 0 Å². The van der Waals surface area contributed by atoms with Crippen molar-refractivity contribution in [2.24, 2.45) is 0 Å². The van der Waals surface area contributed by atoms with E-state index in [9.17, 15) is 14.0 Å². The van der Waals surface area contributed by atoms with E-state index in [0.717, 1.165) is 22.4 Å². The van der Waals surface area contributed by atoms with Gasteiger partial charge >= 0.3 is 0 Å². The van der Waals surface area contributed by atoms with E-state index in [0.29, 0.717) is 6.54 Å². The van der Waals surface area contributed by atoms with Crippen molar-refractivity contribution < 1.29 is 14.0 Å². The maximum absolute atomic E-state index is 13.1. The number of amides is 2. The maximum Gasteiger partial charge on any atom is 0.251 e. The van der Waals surface area contributed by atoms with Gasteiger partial charge in [-0.05, 0) is 40.6 Å². The van der Waals surface area contributed by atoms with Crippen molar-refractivity contribution in [3.05, 3.63) is 83.7 Å². The highest BCUT2D eigenvalue weighted by atomic mass is 19.1. The minimum atomic E-state index is -0.492. The number of carbonyl (C=O) groups excluding carboxylic acids is 2. The molecule has 0 aliphatic carbocycles. The molecule has 0 bridgehead atoms. The van der Waals surface area contributed by atoms with Crippen LogP contribution in [0.4, 0.5) is 4.39 Å². The molecule has 25 heavy (non-hydrogen) atoms. The Bertz CT molecular complexity index is 924. The van der Waals surface area contributed by atoms with Crippen LogP contribution in [0.15, 0.2) is 66.7 Å². The van der Waals surface area contributed by atoms with Gasteiger partial charge in [0.2, 0.25) is 5.91 Å². The first kappa shape index (κ1) is 16.6. The lowest BCUT2D eigenvalue weighted by molar-refractivity contribution is -0.120. The molecule has 5 heteroatoms. The van der Waals surface area contributed by atoms with E-state index in [-0.39, 0.29) is 18.0 Å². The monoisotopic (exact) mass is 336 g/mol. The van der Waals surface area contributed by atoms with Gasteiger partial charge in [0.25, 0.3) is 5.91 Å². The van der Waals surface area contributed by atoms with E-state index in [2.05, 4.69) is 10.6 Å². The molecule has 0 saturated heterocycles. The SMILES string of the molecule is O=C(CNC(=O)c1cccc(F)c1)NCc1ccc2ccccc2c1. The highest BCUT2D eigenvalue weighted by Crippen LogP contribution is 2.15. The number of rotatable bonds is 5. The van der Waals surface area contributed by atoms with Crippen molar-refractivity contribution in [3.63, 3.8) is 0 Å². The summed E-state index contributed by atoms with van der Waals surface area (Å²) in [5.41, 5.74) is 1.16. The molecule has 0 saturated carbocycles. The summed E-state index contributed by atoms with van der Waals surface area (Å²) in [5.74, 6) is -1.29. The normalized spacial score (nSPS) is 10.4. The van der Waals surface area contributed by atoms with Gasteiger partial charge in [0, 0.05) is 12.1 Å².